The van der Waals surface area contributed by atoms with Gasteiger partial charge in [0.1, 0.15) is 17.4 Å². The molecule has 0 fully saturated rings. The van der Waals surface area contributed by atoms with Crippen LogP contribution < -0.4 is 10.5 Å². The number of ether oxygens (including phenoxy) is 1. The molecule has 1 unspecified atom stereocenters. The Hall–Kier alpha value is -1.46. The molecule has 1 aromatic heterocycles. The molecule has 2 nitrogen and oxygen atoms in total. The van der Waals surface area contributed by atoms with Gasteiger partial charge in [-0.25, -0.2) is 8.78 Å². The summed E-state index contributed by atoms with van der Waals surface area (Å²) >= 11 is 1.58. The van der Waals surface area contributed by atoms with Gasteiger partial charge in [0.15, 0.2) is 0 Å². The van der Waals surface area contributed by atoms with Crippen molar-refractivity contribution < 1.29 is 13.5 Å². The van der Waals surface area contributed by atoms with Crippen molar-refractivity contribution in [1.82, 2.24) is 0 Å². The lowest BCUT2D eigenvalue weighted by atomic mass is 9.97. The van der Waals surface area contributed by atoms with Crippen molar-refractivity contribution in [2.45, 2.75) is 31.7 Å². The summed E-state index contributed by atoms with van der Waals surface area (Å²) < 4.78 is 33.1. The number of fused-ring (bicyclic) bond motifs is 1. The molecule has 21 heavy (non-hydrogen) atoms. The maximum atomic E-state index is 14.1. The molecule has 1 heterocycles. The summed E-state index contributed by atoms with van der Waals surface area (Å²) in [5.41, 5.74) is 7.31. The second-order valence-corrected chi connectivity index (χ2v) is 6.46. The van der Waals surface area contributed by atoms with Crippen LogP contribution in [-0.2, 0) is 12.8 Å². The van der Waals surface area contributed by atoms with Crippen LogP contribution in [0.2, 0.25) is 0 Å². The molecule has 5 heteroatoms. The van der Waals surface area contributed by atoms with E-state index in [0.29, 0.717) is 0 Å². The lowest BCUT2D eigenvalue weighted by molar-refractivity contribution is 0.404. The molecule has 0 amide bonds. The molecule has 112 valence electrons. The average Bonchev–Trinajstić information content (AvgIpc) is 2.90. The van der Waals surface area contributed by atoms with Gasteiger partial charge >= 0.3 is 0 Å². The van der Waals surface area contributed by atoms with Gasteiger partial charge in [0.25, 0.3) is 0 Å². The van der Waals surface area contributed by atoms with Gasteiger partial charge in [-0.3, -0.25) is 0 Å². The molecule has 0 bridgehead atoms. The largest absolute Gasteiger partial charge is 0.497 e. The minimum atomic E-state index is -0.772. The van der Waals surface area contributed by atoms with E-state index < -0.39 is 17.7 Å². The fourth-order valence-electron chi connectivity index (χ4n) is 2.79. The SMILES string of the molecule is COc1cc(F)c(C(N)c2cc3c(s2)CCCC3)c(F)c1. The number of hydrogen-bond acceptors (Lipinski definition) is 3. The Morgan fingerprint density at radius 2 is 1.81 bits per heavy atom. The molecule has 0 aliphatic heterocycles. The summed E-state index contributed by atoms with van der Waals surface area (Å²) in [5.74, 6) is -1.16. The zero-order valence-corrected chi connectivity index (χ0v) is 12.6. The zero-order valence-electron chi connectivity index (χ0n) is 11.8. The van der Waals surface area contributed by atoms with E-state index in [1.54, 1.807) is 11.3 Å². The quantitative estimate of drug-likeness (QED) is 0.931. The van der Waals surface area contributed by atoms with E-state index in [9.17, 15) is 8.78 Å². The van der Waals surface area contributed by atoms with Crippen molar-refractivity contribution in [2.24, 2.45) is 5.73 Å². The number of hydrogen-bond donors (Lipinski definition) is 1. The molecule has 0 spiro atoms. The second-order valence-electron chi connectivity index (χ2n) is 5.29. The molecular formula is C16H17F2NOS. The normalized spacial score (nSPS) is 15.6. The summed E-state index contributed by atoms with van der Waals surface area (Å²) in [7, 11) is 1.38. The Morgan fingerprint density at radius 3 is 2.43 bits per heavy atom. The predicted molar refractivity (Wildman–Crippen MR) is 79.9 cm³/mol. The maximum absolute atomic E-state index is 14.1. The first-order chi connectivity index (χ1) is 10.1. The fourth-order valence-corrected chi connectivity index (χ4v) is 4.05. The van der Waals surface area contributed by atoms with E-state index in [1.807, 2.05) is 6.07 Å². The van der Waals surface area contributed by atoms with E-state index in [4.69, 9.17) is 10.5 Å². The summed E-state index contributed by atoms with van der Waals surface area (Å²) in [6, 6.07) is 3.58. The zero-order chi connectivity index (χ0) is 15.0. The summed E-state index contributed by atoms with van der Waals surface area (Å²) in [5, 5.41) is 0. The van der Waals surface area contributed by atoms with Gasteiger partial charge in [-0.1, -0.05) is 0 Å². The van der Waals surface area contributed by atoms with E-state index in [2.05, 4.69) is 0 Å². The lowest BCUT2D eigenvalue weighted by Gasteiger charge is -2.13. The third kappa shape index (κ3) is 2.68. The van der Waals surface area contributed by atoms with Gasteiger partial charge in [-0.05, 0) is 37.3 Å². The van der Waals surface area contributed by atoms with Crippen molar-refractivity contribution in [2.75, 3.05) is 7.11 Å². The number of aryl methyl sites for hydroxylation is 2. The molecule has 3 rings (SSSR count). The first kappa shape index (κ1) is 14.5. The Bertz CT molecular complexity index is 622. The topological polar surface area (TPSA) is 35.2 Å². The van der Waals surface area contributed by atoms with Crippen LogP contribution >= 0.6 is 11.3 Å². The molecule has 0 saturated heterocycles. The van der Waals surface area contributed by atoms with Crippen LogP contribution in [0.25, 0.3) is 0 Å². The van der Waals surface area contributed by atoms with E-state index >= 15 is 0 Å². The number of methoxy groups -OCH3 is 1. The standard InChI is InChI=1S/C16H17F2NOS/c1-20-10-7-11(17)15(12(18)8-10)16(19)14-6-9-4-2-3-5-13(9)21-14/h6-8,16H,2-5,19H2,1H3. The second kappa shape index (κ2) is 5.73. The van der Waals surface area contributed by atoms with Gasteiger partial charge in [0.05, 0.1) is 13.2 Å². The van der Waals surface area contributed by atoms with Crippen LogP contribution in [0.4, 0.5) is 8.78 Å². The van der Waals surface area contributed by atoms with Gasteiger partial charge in [-0.2, -0.15) is 0 Å². The Labute approximate surface area is 126 Å². The first-order valence-corrected chi connectivity index (χ1v) is 7.81. The summed E-state index contributed by atoms with van der Waals surface area (Å²) in [6.07, 6.45) is 4.42. The van der Waals surface area contributed by atoms with Crippen LogP contribution in [-0.4, -0.2) is 7.11 Å². The minimum absolute atomic E-state index is 0.0885. The van der Waals surface area contributed by atoms with E-state index in [-0.39, 0.29) is 11.3 Å². The van der Waals surface area contributed by atoms with E-state index in [0.717, 1.165) is 17.7 Å². The molecule has 0 radical (unpaired) electrons. The van der Waals surface area contributed by atoms with Crippen molar-refractivity contribution in [1.29, 1.82) is 0 Å². The predicted octanol–water partition coefficient (Wildman–Crippen LogP) is 3.96. The molecule has 1 aromatic carbocycles. The highest BCUT2D eigenvalue weighted by Crippen LogP contribution is 2.36. The number of halogens is 2. The highest BCUT2D eigenvalue weighted by molar-refractivity contribution is 7.12. The minimum Gasteiger partial charge on any atom is -0.497 e. The number of rotatable bonds is 3. The molecule has 1 aliphatic carbocycles. The van der Waals surface area contributed by atoms with E-state index in [1.165, 1.54) is 42.5 Å². The van der Waals surface area contributed by atoms with Crippen molar-refractivity contribution in [3.05, 3.63) is 50.7 Å². The van der Waals surface area contributed by atoms with Crippen molar-refractivity contribution >= 4 is 11.3 Å². The molecule has 2 aromatic rings. The van der Waals surface area contributed by atoms with Gasteiger partial charge < -0.3 is 10.5 Å². The Balaban J connectivity index is 1.98. The van der Waals surface area contributed by atoms with Crippen LogP contribution in [0.1, 0.15) is 39.8 Å². The van der Waals surface area contributed by atoms with Crippen LogP contribution in [0.3, 0.4) is 0 Å². The highest BCUT2D eigenvalue weighted by atomic mass is 32.1. The third-order valence-corrected chi connectivity index (χ3v) is 5.24. The highest BCUT2D eigenvalue weighted by Gasteiger charge is 2.23. The van der Waals surface area contributed by atoms with Crippen molar-refractivity contribution in [3.63, 3.8) is 0 Å². The Kier molecular flexibility index (Phi) is 3.95. The third-order valence-electron chi connectivity index (χ3n) is 3.92. The van der Waals surface area contributed by atoms with Gasteiger partial charge in [-0.15, -0.1) is 11.3 Å². The molecule has 2 N–H and O–H groups in total. The number of nitrogens with two attached hydrogens (primary N) is 1. The molecule has 1 aliphatic rings. The van der Waals surface area contributed by atoms with Crippen LogP contribution in [0.15, 0.2) is 18.2 Å². The molecular weight excluding hydrogens is 292 g/mol. The van der Waals surface area contributed by atoms with Gasteiger partial charge in [0, 0.05) is 27.5 Å². The lowest BCUT2D eigenvalue weighted by Crippen LogP contribution is -2.14. The number of thiophene rings is 1. The smallest absolute Gasteiger partial charge is 0.134 e. The fraction of sp³-hybridized carbons (Fsp3) is 0.375. The van der Waals surface area contributed by atoms with Gasteiger partial charge in [0.2, 0.25) is 0 Å². The Morgan fingerprint density at radius 1 is 1.14 bits per heavy atom. The monoisotopic (exact) mass is 309 g/mol. The number of benzene rings is 1. The van der Waals surface area contributed by atoms with Crippen molar-refractivity contribution in [3.8, 4) is 5.75 Å². The first-order valence-electron chi connectivity index (χ1n) is 7.00. The summed E-state index contributed by atoms with van der Waals surface area (Å²) in [4.78, 5) is 2.13. The maximum Gasteiger partial charge on any atom is 0.134 e. The average molecular weight is 309 g/mol. The van der Waals surface area contributed by atoms with Crippen LogP contribution in [0.5, 0.6) is 5.75 Å². The summed E-state index contributed by atoms with van der Waals surface area (Å²) in [6.45, 7) is 0. The molecule has 0 saturated carbocycles. The van der Waals surface area contributed by atoms with Crippen LogP contribution in [0, 0.1) is 11.6 Å². The molecule has 1 atom stereocenters.